The number of amides is 2. The summed E-state index contributed by atoms with van der Waals surface area (Å²) in [5, 5.41) is 3.87. The van der Waals surface area contributed by atoms with E-state index in [4.69, 9.17) is 9.57 Å². The summed E-state index contributed by atoms with van der Waals surface area (Å²) in [7, 11) is 2.93. The summed E-state index contributed by atoms with van der Waals surface area (Å²) in [5.74, 6) is -0.253. The minimum Gasteiger partial charge on any atom is -0.444 e. The SMILES string of the molecule is CON(C)C(=O)C[C@H](NC(=O)OC(C)(C)C)c1ccc(Br)cc1. The van der Waals surface area contributed by atoms with E-state index in [0.717, 1.165) is 15.1 Å². The van der Waals surface area contributed by atoms with Crippen LogP contribution in [0.2, 0.25) is 0 Å². The van der Waals surface area contributed by atoms with Crippen LogP contribution in [0.3, 0.4) is 0 Å². The lowest BCUT2D eigenvalue weighted by Crippen LogP contribution is -2.37. The fourth-order valence-corrected chi connectivity index (χ4v) is 2.07. The lowest BCUT2D eigenvalue weighted by molar-refractivity contribution is -0.169. The number of nitrogens with one attached hydrogen (secondary N) is 1. The summed E-state index contributed by atoms with van der Waals surface area (Å²) in [6.45, 7) is 5.35. The molecule has 6 nitrogen and oxygen atoms in total. The second-order valence-electron chi connectivity index (χ2n) is 6.03. The van der Waals surface area contributed by atoms with Crippen LogP contribution in [0.4, 0.5) is 4.79 Å². The van der Waals surface area contributed by atoms with Crippen molar-refractivity contribution in [3.05, 3.63) is 34.3 Å². The van der Waals surface area contributed by atoms with Gasteiger partial charge >= 0.3 is 6.09 Å². The molecule has 128 valence electrons. The van der Waals surface area contributed by atoms with E-state index in [1.54, 1.807) is 20.8 Å². The van der Waals surface area contributed by atoms with E-state index in [1.165, 1.54) is 14.2 Å². The van der Waals surface area contributed by atoms with Gasteiger partial charge in [0.25, 0.3) is 0 Å². The molecule has 0 heterocycles. The highest BCUT2D eigenvalue weighted by Gasteiger charge is 2.24. The molecule has 0 saturated heterocycles. The van der Waals surface area contributed by atoms with Crippen LogP contribution in [0, 0.1) is 0 Å². The lowest BCUT2D eigenvalue weighted by atomic mass is 10.0. The van der Waals surface area contributed by atoms with Crippen LogP contribution in [0.1, 0.15) is 38.8 Å². The number of alkyl carbamates (subject to hydrolysis) is 1. The summed E-state index contributed by atoms with van der Waals surface area (Å²) in [6.07, 6.45) is -0.510. The third-order valence-corrected chi connectivity index (χ3v) is 3.50. The van der Waals surface area contributed by atoms with E-state index in [0.29, 0.717) is 0 Å². The van der Waals surface area contributed by atoms with Crippen molar-refractivity contribution >= 4 is 27.9 Å². The molecular formula is C16H23BrN2O4. The smallest absolute Gasteiger partial charge is 0.408 e. The monoisotopic (exact) mass is 386 g/mol. The Morgan fingerprint density at radius 3 is 2.30 bits per heavy atom. The Morgan fingerprint density at radius 1 is 1.26 bits per heavy atom. The predicted molar refractivity (Wildman–Crippen MR) is 90.6 cm³/mol. The van der Waals surface area contributed by atoms with Gasteiger partial charge in [0.1, 0.15) is 5.60 Å². The number of benzene rings is 1. The third-order valence-electron chi connectivity index (χ3n) is 2.97. The molecule has 0 aliphatic carbocycles. The first-order valence-corrected chi connectivity index (χ1v) is 7.97. The van der Waals surface area contributed by atoms with Gasteiger partial charge in [0, 0.05) is 11.5 Å². The minimum absolute atomic E-state index is 0.0607. The van der Waals surface area contributed by atoms with Gasteiger partial charge in [-0.1, -0.05) is 28.1 Å². The molecule has 2 amide bonds. The lowest BCUT2D eigenvalue weighted by Gasteiger charge is -2.24. The average molecular weight is 387 g/mol. The quantitative estimate of drug-likeness (QED) is 0.787. The normalized spacial score (nSPS) is 12.4. The first kappa shape index (κ1) is 19.4. The molecule has 1 atom stereocenters. The number of ether oxygens (including phenoxy) is 1. The zero-order valence-electron chi connectivity index (χ0n) is 14.1. The first-order chi connectivity index (χ1) is 10.6. The van der Waals surface area contributed by atoms with E-state index < -0.39 is 17.7 Å². The molecular weight excluding hydrogens is 364 g/mol. The number of rotatable bonds is 5. The summed E-state index contributed by atoms with van der Waals surface area (Å²) < 4.78 is 6.18. The maximum atomic E-state index is 12.1. The Bertz CT molecular complexity index is 540. The summed E-state index contributed by atoms with van der Waals surface area (Å²) in [6, 6.07) is 6.87. The van der Waals surface area contributed by atoms with Crippen molar-refractivity contribution in [1.29, 1.82) is 0 Å². The van der Waals surface area contributed by atoms with Crippen molar-refractivity contribution in [2.45, 2.75) is 38.8 Å². The van der Waals surface area contributed by atoms with Crippen molar-refractivity contribution in [2.24, 2.45) is 0 Å². The van der Waals surface area contributed by atoms with Gasteiger partial charge in [0.15, 0.2) is 0 Å². The fourth-order valence-electron chi connectivity index (χ4n) is 1.80. The van der Waals surface area contributed by atoms with Gasteiger partial charge in [-0.05, 0) is 38.5 Å². The molecule has 0 aromatic heterocycles. The molecule has 0 aliphatic heterocycles. The second-order valence-corrected chi connectivity index (χ2v) is 6.94. The van der Waals surface area contributed by atoms with Gasteiger partial charge in [0.05, 0.1) is 19.6 Å². The van der Waals surface area contributed by atoms with E-state index in [1.807, 2.05) is 24.3 Å². The van der Waals surface area contributed by atoms with Crippen LogP contribution in [-0.4, -0.2) is 36.8 Å². The first-order valence-electron chi connectivity index (χ1n) is 7.18. The zero-order chi connectivity index (χ0) is 17.6. The number of carbonyl (C=O) groups excluding carboxylic acids is 2. The van der Waals surface area contributed by atoms with Crippen LogP contribution >= 0.6 is 15.9 Å². The van der Waals surface area contributed by atoms with Crippen LogP contribution < -0.4 is 5.32 Å². The third kappa shape index (κ3) is 7.00. The Labute approximate surface area is 145 Å². The molecule has 0 fully saturated rings. The van der Waals surface area contributed by atoms with Gasteiger partial charge in [-0.2, -0.15) is 0 Å². The maximum absolute atomic E-state index is 12.1. The molecule has 0 spiro atoms. The number of halogens is 1. The van der Waals surface area contributed by atoms with Gasteiger partial charge in [-0.3, -0.25) is 9.63 Å². The second kappa shape index (κ2) is 8.31. The molecule has 0 saturated carbocycles. The topological polar surface area (TPSA) is 67.9 Å². The fraction of sp³-hybridized carbons (Fsp3) is 0.500. The Hall–Kier alpha value is -1.60. The molecule has 0 bridgehead atoms. The van der Waals surface area contributed by atoms with Crippen LogP contribution in [-0.2, 0) is 14.4 Å². The Morgan fingerprint density at radius 2 is 1.83 bits per heavy atom. The van der Waals surface area contributed by atoms with Crippen LogP contribution in [0.15, 0.2) is 28.7 Å². The zero-order valence-corrected chi connectivity index (χ0v) is 15.6. The van der Waals surface area contributed by atoms with Crippen molar-refractivity contribution in [2.75, 3.05) is 14.2 Å². The largest absolute Gasteiger partial charge is 0.444 e. The van der Waals surface area contributed by atoms with Gasteiger partial charge < -0.3 is 10.1 Å². The standard InChI is InChI=1S/C16H23BrN2O4/c1-16(2,3)23-15(21)18-13(10-14(20)19(4)22-5)11-6-8-12(17)9-7-11/h6-9,13H,10H2,1-5H3,(H,18,21)/t13-/m0/s1. The summed E-state index contributed by atoms with van der Waals surface area (Å²) in [4.78, 5) is 29.0. The van der Waals surface area contributed by atoms with E-state index in [9.17, 15) is 9.59 Å². The highest BCUT2D eigenvalue weighted by molar-refractivity contribution is 9.10. The van der Waals surface area contributed by atoms with Crippen molar-refractivity contribution in [3.63, 3.8) is 0 Å². The van der Waals surface area contributed by atoms with Crippen molar-refractivity contribution < 1.29 is 19.2 Å². The average Bonchev–Trinajstić information content (AvgIpc) is 2.44. The predicted octanol–water partition coefficient (Wildman–Crippen LogP) is 3.42. The molecule has 23 heavy (non-hydrogen) atoms. The number of nitrogens with zero attached hydrogens (tertiary/aromatic N) is 1. The molecule has 1 N–H and O–H groups in total. The Kier molecular flexibility index (Phi) is 7.02. The number of carbonyl (C=O) groups is 2. The molecule has 1 aromatic carbocycles. The molecule has 7 heteroatoms. The summed E-state index contributed by atoms with van der Waals surface area (Å²) >= 11 is 3.36. The Balaban J connectivity index is 2.90. The molecule has 0 unspecified atom stereocenters. The van der Waals surface area contributed by atoms with E-state index >= 15 is 0 Å². The number of hydrogen-bond donors (Lipinski definition) is 1. The van der Waals surface area contributed by atoms with Gasteiger partial charge in [-0.25, -0.2) is 9.86 Å². The highest BCUT2D eigenvalue weighted by atomic mass is 79.9. The molecule has 0 aliphatic rings. The van der Waals surface area contributed by atoms with Crippen molar-refractivity contribution in [3.8, 4) is 0 Å². The van der Waals surface area contributed by atoms with Gasteiger partial charge in [-0.15, -0.1) is 0 Å². The summed E-state index contributed by atoms with van der Waals surface area (Å²) in [5.41, 5.74) is 0.193. The van der Waals surface area contributed by atoms with E-state index in [2.05, 4.69) is 21.2 Å². The minimum atomic E-state index is -0.609. The van der Waals surface area contributed by atoms with E-state index in [-0.39, 0.29) is 12.3 Å². The van der Waals surface area contributed by atoms with Crippen LogP contribution in [0.25, 0.3) is 0 Å². The van der Waals surface area contributed by atoms with Gasteiger partial charge in [0.2, 0.25) is 5.91 Å². The molecule has 0 radical (unpaired) electrons. The maximum Gasteiger partial charge on any atom is 0.408 e. The molecule has 1 rings (SSSR count). The number of hydroxylamine groups is 2. The number of hydrogen-bond acceptors (Lipinski definition) is 4. The van der Waals surface area contributed by atoms with Crippen molar-refractivity contribution in [1.82, 2.24) is 10.4 Å². The molecule has 1 aromatic rings. The van der Waals surface area contributed by atoms with Crippen LogP contribution in [0.5, 0.6) is 0 Å². The highest BCUT2D eigenvalue weighted by Crippen LogP contribution is 2.21.